The Morgan fingerprint density at radius 2 is 1.87 bits per heavy atom. The Morgan fingerprint density at radius 1 is 1.10 bits per heavy atom. The fourth-order valence-electron chi connectivity index (χ4n) is 4.46. The molecular formula is C26H27FN2O2. The summed E-state index contributed by atoms with van der Waals surface area (Å²) in [7, 11) is 1.53. The molecule has 0 radical (unpaired) electrons. The van der Waals surface area contributed by atoms with Gasteiger partial charge in [-0.15, -0.1) is 0 Å². The molecular weight excluding hydrogens is 391 g/mol. The molecule has 5 heteroatoms. The van der Waals surface area contributed by atoms with Gasteiger partial charge in [0.05, 0.1) is 18.8 Å². The van der Waals surface area contributed by atoms with E-state index in [2.05, 4.69) is 49.5 Å². The molecule has 0 aromatic heterocycles. The van der Waals surface area contributed by atoms with Crippen LogP contribution in [0.15, 0.2) is 60.7 Å². The molecule has 0 unspecified atom stereocenters. The first-order valence-electron chi connectivity index (χ1n) is 10.5. The fraction of sp³-hybridized carbons (Fsp3) is 0.269. The topological polar surface area (TPSA) is 41.6 Å². The van der Waals surface area contributed by atoms with E-state index in [0.29, 0.717) is 5.75 Å². The number of methoxy groups -OCH3 is 1. The zero-order chi connectivity index (χ0) is 22.1. The summed E-state index contributed by atoms with van der Waals surface area (Å²) in [6.45, 7) is 5.73. The maximum atomic E-state index is 13.7. The van der Waals surface area contributed by atoms with Crippen LogP contribution in [-0.2, 0) is 4.79 Å². The van der Waals surface area contributed by atoms with Crippen LogP contribution >= 0.6 is 0 Å². The highest BCUT2D eigenvalue weighted by molar-refractivity contribution is 5.94. The average Bonchev–Trinajstić information content (AvgIpc) is 2.74. The summed E-state index contributed by atoms with van der Waals surface area (Å²) in [5, 5.41) is 3.53. The van der Waals surface area contributed by atoms with E-state index in [1.165, 1.54) is 24.8 Å². The molecule has 0 saturated carbocycles. The SMILES string of the molecule is COc1cc(F)ccc1N[C@@H]1C[C@H](C)N(C(C)=O)c2ccc(-c3cccc(C)c3)cc21. The lowest BCUT2D eigenvalue weighted by Crippen LogP contribution is -2.43. The van der Waals surface area contributed by atoms with Crippen molar-refractivity contribution in [3.05, 3.63) is 77.6 Å². The van der Waals surface area contributed by atoms with Gasteiger partial charge in [-0.2, -0.15) is 0 Å². The second-order valence-electron chi connectivity index (χ2n) is 8.16. The molecule has 0 spiro atoms. The Labute approximate surface area is 182 Å². The van der Waals surface area contributed by atoms with Crippen molar-refractivity contribution in [1.82, 2.24) is 0 Å². The van der Waals surface area contributed by atoms with Crippen LogP contribution in [0, 0.1) is 12.7 Å². The smallest absolute Gasteiger partial charge is 0.224 e. The molecule has 0 bridgehead atoms. The quantitative estimate of drug-likeness (QED) is 0.556. The average molecular weight is 419 g/mol. The molecule has 0 fully saturated rings. The van der Waals surface area contributed by atoms with Crippen LogP contribution in [-0.4, -0.2) is 19.1 Å². The van der Waals surface area contributed by atoms with Crippen LogP contribution in [0.4, 0.5) is 15.8 Å². The van der Waals surface area contributed by atoms with Crippen LogP contribution in [0.25, 0.3) is 11.1 Å². The van der Waals surface area contributed by atoms with Crippen LogP contribution < -0.4 is 15.0 Å². The number of hydrogen-bond acceptors (Lipinski definition) is 3. The van der Waals surface area contributed by atoms with E-state index in [9.17, 15) is 9.18 Å². The minimum Gasteiger partial charge on any atom is -0.494 e. The van der Waals surface area contributed by atoms with E-state index in [4.69, 9.17) is 4.74 Å². The predicted molar refractivity (Wildman–Crippen MR) is 123 cm³/mol. The van der Waals surface area contributed by atoms with E-state index < -0.39 is 0 Å². The number of amides is 1. The van der Waals surface area contributed by atoms with Gasteiger partial charge in [0, 0.05) is 24.7 Å². The van der Waals surface area contributed by atoms with E-state index in [-0.39, 0.29) is 23.8 Å². The number of aryl methyl sites for hydroxylation is 1. The highest BCUT2D eigenvalue weighted by atomic mass is 19.1. The molecule has 31 heavy (non-hydrogen) atoms. The molecule has 0 saturated heterocycles. The molecule has 4 rings (SSSR count). The van der Waals surface area contributed by atoms with Crippen LogP contribution in [0.5, 0.6) is 5.75 Å². The minimum absolute atomic E-state index is 0.0230. The molecule has 1 heterocycles. The van der Waals surface area contributed by atoms with E-state index in [1.807, 2.05) is 17.0 Å². The van der Waals surface area contributed by atoms with Crippen molar-refractivity contribution in [3.63, 3.8) is 0 Å². The molecule has 1 N–H and O–H groups in total. The predicted octanol–water partition coefficient (Wildman–Crippen LogP) is 6.11. The van der Waals surface area contributed by atoms with Crippen molar-refractivity contribution in [1.29, 1.82) is 0 Å². The van der Waals surface area contributed by atoms with Gasteiger partial charge in [-0.25, -0.2) is 4.39 Å². The molecule has 1 aliphatic rings. The molecule has 160 valence electrons. The van der Waals surface area contributed by atoms with E-state index >= 15 is 0 Å². The summed E-state index contributed by atoms with van der Waals surface area (Å²) in [5.74, 6) is 0.136. The number of carbonyl (C=O) groups is 1. The maximum Gasteiger partial charge on any atom is 0.224 e. The van der Waals surface area contributed by atoms with Crippen molar-refractivity contribution < 1.29 is 13.9 Å². The summed E-state index contributed by atoms with van der Waals surface area (Å²) in [6, 6.07) is 19.1. The highest BCUT2D eigenvalue weighted by Crippen LogP contribution is 2.42. The first kappa shape index (κ1) is 20.9. The van der Waals surface area contributed by atoms with E-state index in [1.54, 1.807) is 13.0 Å². The fourth-order valence-corrected chi connectivity index (χ4v) is 4.46. The lowest BCUT2D eigenvalue weighted by Gasteiger charge is -2.40. The molecule has 4 nitrogen and oxygen atoms in total. The van der Waals surface area contributed by atoms with Crippen molar-refractivity contribution in [2.75, 3.05) is 17.3 Å². The highest BCUT2D eigenvalue weighted by Gasteiger charge is 2.33. The van der Waals surface area contributed by atoms with Gasteiger partial charge in [0.25, 0.3) is 0 Å². The number of anilines is 2. The standard InChI is InChI=1S/C26H27FN2O2/c1-16-6-5-7-19(12-16)20-8-11-25-22(14-20)24(13-17(2)29(25)18(3)30)28-23-10-9-21(27)15-26(23)31-4/h5-12,14-15,17,24,28H,13H2,1-4H3/t17-,24+/m0/s1. The van der Waals surface area contributed by atoms with Crippen molar-refractivity contribution in [2.45, 2.75) is 39.3 Å². The summed E-state index contributed by atoms with van der Waals surface area (Å²) in [4.78, 5) is 14.3. The Morgan fingerprint density at radius 3 is 2.58 bits per heavy atom. The Kier molecular flexibility index (Phi) is 5.68. The number of benzene rings is 3. The molecule has 1 amide bonds. The Bertz CT molecular complexity index is 1130. The molecule has 3 aromatic carbocycles. The van der Waals surface area contributed by atoms with Gasteiger partial charge < -0.3 is 15.0 Å². The van der Waals surface area contributed by atoms with Crippen LogP contribution in [0.1, 0.15) is 37.4 Å². The zero-order valence-corrected chi connectivity index (χ0v) is 18.3. The monoisotopic (exact) mass is 418 g/mol. The second-order valence-corrected chi connectivity index (χ2v) is 8.16. The van der Waals surface area contributed by atoms with Gasteiger partial charge in [-0.1, -0.05) is 35.9 Å². The third-order valence-electron chi connectivity index (χ3n) is 5.86. The number of fused-ring (bicyclic) bond motifs is 1. The number of ether oxygens (including phenoxy) is 1. The summed E-state index contributed by atoms with van der Waals surface area (Å²) >= 11 is 0. The number of nitrogens with one attached hydrogen (secondary N) is 1. The lowest BCUT2D eigenvalue weighted by molar-refractivity contribution is -0.117. The second kappa shape index (κ2) is 8.42. The van der Waals surface area contributed by atoms with Crippen LogP contribution in [0.3, 0.4) is 0 Å². The van der Waals surface area contributed by atoms with Gasteiger partial charge in [-0.3, -0.25) is 4.79 Å². The van der Waals surface area contributed by atoms with Gasteiger partial charge >= 0.3 is 0 Å². The summed E-state index contributed by atoms with van der Waals surface area (Å²) in [6.07, 6.45) is 0.727. The third kappa shape index (κ3) is 4.13. The number of nitrogens with zero attached hydrogens (tertiary/aromatic N) is 1. The third-order valence-corrected chi connectivity index (χ3v) is 5.86. The first-order valence-corrected chi connectivity index (χ1v) is 10.5. The number of halogens is 1. The Hall–Kier alpha value is -3.34. The lowest BCUT2D eigenvalue weighted by atomic mass is 9.88. The largest absolute Gasteiger partial charge is 0.494 e. The van der Waals surface area contributed by atoms with Gasteiger partial charge in [0.1, 0.15) is 11.6 Å². The number of hydrogen-bond donors (Lipinski definition) is 1. The molecule has 2 atom stereocenters. The molecule has 0 aliphatic carbocycles. The normalized spacial score (nSPS) is 17.8. The number of rotatable bonds is 4. The number of carbonyl (C=O) groups excluding carboxylic acids is 1. The molecule has 3 aromatic rings. The van der Waals surface area contributed by atoms with Crippen molar-refractivity contribution >= 4 is 17.3 Å². The zero-order valence-electron chi connectivity index (χ0n) is 18.3. The van der Waals surface area contributed by atoms with E-state index in [0.717, 1.165) is 34.5 Å². The molecule has 1 aliphatic heterocycles. The van der Waals surface area contributed by atoms with Gasteiger partial charge in [-0.05, 0) is 61.2 Å². The Balaban J connectivity index is 1.80. The summed E-state index contributed by atoms with van der Waals surface area (Å²) in [5.41, 5.74) is 6.09. The van der Waals surface area contributed by atoms with Gasteiger partial charge in [0.15, 0.2) is 0 Å². The minimum atomic E-state index is -0.343. The maximum absolute atomic E-state index is 13.7. The van der Waals surface area contributed by atoms with Crippen molar-refractivity contribution in [2.24, 2.45) is 0 Å². The first-order chi connectivity index (χ1) is 14.9. The van der Waals surface area contributed by atoms with Crippen LogP contribution in [0.2, 0.25) is 0 Å². The summed E-state index contributed by atoms with van der Waals surface area (Å²) < 4.78 is 19.1. The van der Waals surface area contributed by atoms with Gasteiger partial charge in [0.2, 0.25) is 5.91 Å². The van der Waals surface area contributed by atoms with Crippen molar-refractivity contribution in [3.8, 4) is 16.9 Å².